The van der Waals surface area contributed by atoms with Crippen LogP contribution in [0.25, 0.3) is 0 Å². The maximum atomic E-state index is 12.1. The van der Waals surface area contributed by atoms with Crippen molar-refractivity contribution in [1.29, 1.82) is 0 Å². The van der Waals surface area contributed by atoms with E-state index in [4.69, 9.17) is 4.42 Å². The number of benzene rings is 1. The largest absolute Gasteiger partial charge is 0.461 e. The van der Waals surface area contributed by atoms with Gasteiger partial charge in [0, 0.05) is 11.3 Å². The Morgan fingerprint density at radius 1 is 1.11 bits per heavy atom. The normalized spacial score (nSPS) is 15.5. The molecule has 0 amide bonds. The van der Waals surface area contributed by atoms with Crippen molar-refractivity contribution < 1.29 is 14.5 Å². The smallest absolute Gasteiger partial charge is 0.228 e. The molecule has 1 saturated heterocycles. The fraction of sp³-hybridized carbons (Fsp3) is 0.267. The maximum absolute atomic E-state index is 12.1. The molecule has 1 aliphatic rings. The first-order valence-electron chi connectivity index (χ1n) is 6.59. The average Bonchev–Trinajstić information content (AvgIpc) is 3.02. The van der Waals surface area contributed by atoms with Gasteiger partial charge in [-0.05, 0) is 36.4 Å². The zero-order chi connectivity index (χ0) is 13.1. The lowest BCUT2D eigenvalue weighted by Crippen LogP contribution is -2.89. The van der Waals surface area contributed by atoms with Crippen molar-refractivity contribution in [2.45, 2.75) is 0 Å². The van der Waals surface area contributed by atoms with Gasteiger partial charge in [-0.15, -0.1) is 0 Å². The highest BCUT2D eigenvalue weighted by Gasteiger charge is 2.15. The summed E-state index contributed by atoms with van der Waals surface area (Å²) in [5.74, 6) is 0.323. The molecule has 1 fully saturated rings. The Morgan fingerprint density at radius 2 is 1.84 bits per heavy atom. The van der Waals surface area contributed by atoms with Crippen molar-refractivity contribution in [2.75, 3.05) is 31.1 Å². The van der Waals surface area contributed by atoms with Gasteiger partial charge in [-0.3, -0.25) is 4.79 Å². The predicted octanol–water partition coefficient (Wildman–Crippen LogP) is 0.894. The van der Waals surface area contributed by atoms with Crippen molar-refractivity contribution in [3.63, 3.8) is 0 Å². The van der Waals surface area contributed by atoms with Crippen LogP contribution in [0.2, 0.25) is 0 Å². The molecule has 0 saturated carbocycles. The number of carbonyl (C=O) groups excluding carboxylic acids is 1. The molecular formula is C15H17N2O2+. The van der Waals surface area contributed by atoms with E-state index in [1.165, 1.54) is 12.0 Å². The third-order valence-corrected chi connectivity index (χ3v) is 3.45. The Bertz CT molecular complexity index is 540. The molecule has 0 aliphatic carbocycles. The first-order chi connectivity index (χ1) is 9.34. The van der Waals surface area contributed by atoms with Gasteiger partial charge in [0.15, 0.2) is 5.76 Å². The fourth-order valence-electron chi connectivity index (χ4n) is 2.38. The van der Waals surface area contributed by atoms with E-state index < -0.39 is 0 Å². The summed E-state index contributed by atoms with van der Waals surface area (Å²) in [6, 6.07) is 11.2. The number of piperazine rings is 1. The minimum atomic E-state index is -0.0662. The molecule has 2 N–H and O–H groups in total. The summed E-state index contributed by atoms with van der Waals surface area (Å²) in [4.78, 5) is 14.4. The Kier molecular flexibility index (Phi) is 3.33. The van der Waals surface area contributed by atoms with Crippen LogP contribution in [0.4, 0.5) is 5.69 Å². The zero-order valence-corrected chi connectivity index (χ0v) is 10.7. The van der Waals surface area contributed by atoms with Crippen LogP contribution in [-0.4, -0.2) is 32.0 Å². The molecule has 1 aromatic heterocycles. The van der Waals surface area contributed by atoms with Crippen molar-refractivity contribution in [3.8, 4) is 0 Å². The molecule has 4 heteroatoms. The highest BCUT2D eigenvalue weighted by molar-refractivity contribution is 6.07. The van der Waals surface area contributed by atoms with E-state index in [0.717, 1.165) is 26.2 Å². The van der Waals surface area contributed by atoms with Gasteiger partial charge in [-0.25, -0.2) is 0 Å². The second-order valence-corrected chi connectivity index (χ2v) is 4.71. The minimum absolute atomic E-state index is 0.0662. The molecule has 0 radical (unpaired) electrons. The SMILES string of the molecule is O=C(c1ccc(N2CC[NH2+]CC2)cc1)c1ccco1. The Morgan fingerprint density at radius 3 is 2.47 bits per heavy atom. The van der Waals surface area contributed by atoms with Crippen LogP contribution >= 0.6 is 0 Å². The van der Waals surface area contributed by atoms with Gasteiger partial charge in [0.05, 0.1) is 32.4 Å². The van der Waals surface area contributed by atoms with E-state index in [9.17, 15) is 4.79 Å². The van der Waals surface area contributed by atoms with Crippen LogP contribution in [0.15, 0.2) is 47.1 Å². The van der Waals surface area contributed by atoms with Crippen LogP contribution in [0.3, 0.4) is 0 Å². The first kappa shape index (κ1) is 12.0. The van der Waals surface area contributed by atoms with Gasteiger partial charge in [0.25, 0.3) is 0 Å². The second kappa shape index (κ2) is 5.28. The number of furan rings is 1. The van der Waals surface area contributed by atoms with Crippen LogP contribution in [0.5, 0.6) is 0 Å². The molecule has 1 aromatic carbocycles. The third-order valence-electron chi connectivity index (χ3n) is 3.45. The predicted molar refractivity (Wildman–Crippen MR) is 72.5 cm³/mol. The van der Waals surface area contributed by atoms with Crippen molar-refractivity contribution in [2.24, 2.45) is 0 Å². The number of ketones is 1. The van der Waals surface area contributed by atoms with Gasteiger partial charge in [0.2, 0.25) is 5.78 Å². The lowest BCUT2D eigenvalue weighted by Gasteiger charge is -2.27. The second-order valence-electron chi connectivity index (χ2n) is 4.71. The molecule has 0 atom stereocenters. The molecule has 1 aliphatic heterocycles. The summed E-state index contributed by atoms with van der Waals surface area (Å²) in [7, 11) is 0. The Labute approximate surface area is 112 Å². The number of nitrogens with zero attached hydrogens (tertiary/aromatic N) is 1. The summed E-state index contributed by atoms with van der Waals surface area (Å²) >= 11 is 0. The monoisotopic (exact) mass is 257 g/mol. The molecule has 98 valence electrons. The first-order valence-corrected chi connectivity index (χ1v) is 6.59. The van der Waals surface area contributed by atoms with Crippen LogP contribution < -0.4 is 10.2 Å². The van der Waals surface area contributed by atoms with E-state index in [0.29, 0.717) is 11.3 Å². The van der Waals surface area contributed by atoms with E-state index in [2.05, 4.69) is 10.2 Å². The topological polar surface area (TPSA) is 50.1 Å². The lowest BCUT2D eigenvalue weighted by atomic mass is 10.1. The van der Waals surface area contributed by atoms with Gasteiger partial charge in [0.1, 0.15) is 0 Å². The zero-order valence-electron chi connectivity index (χ0n) is 10.7. The molecular weight excluding hydrogens is 240 g/mol. The van der Waals surface area contributed by atoms with E-state index in [1.807, 2.05) is 24.3 Å². The van der Waals surface area contributed by atoms with Crippen molar-refractivity contribution >= 4 is 11.5 Å². The molecule has 0 spiro atoms. The van der Waals surface area contributed by atoms with Gasteiger partial charge >= 0.3 is 0 Å². The number of anilines is 1. The number of hydrogen-bond acceptors (Lipinski definition) is 3. The number of nitrogens with two attached hydrogens (primary N) is 1. The molecule has 4 nitrogen and oxygen atoms in total. The molecule has 0 unspecified atom stereocenters. The molecule has 2 aromatic rings. The molecule has 0 bridgehead atoms. The number of quaternary nitrogens is 1. The van der Waals surface area contributed by atoms with Crippen molar-refractivity contribution in [1.82, 2.24) is 0 Å². The lowest BCUT2D eigenvalue weighted by molar-refractivity contribution is -0.655. The van der Waals surface area contributed by atoms with Crippen LogP contribution in [0.1, 0.15) is 16.1 Å². The molecule has 3 rings (SSSR count). The standard InChI is InChI=1S/C15H16N2O2/c18-15(14-2-1-11-19-14)12-3-5-13(6-4-12)17-9-7-16-8-10-17/h1-6,11,16H,7-10H2/p+1. The summed E-state index contributed by atoms with van der Waals surface area (Å²) < 4.78 is 5.13. The Balaban J connectivity index is 1.77. The summed E-state index contributed by atoms with van der Waals surface area (Å²) in [6.45, 7) is 4.39. The molecule has 2 heterocycles. The quantitative estimate of drug-likeness (QED) is 0.831. The fourth-order valence-corrected chi connectivity index (χ4v) is 2.38. The summed E-state index contributed by atoms with van der Waals surface area (Å²) in [5.41, 5.74) is 1.85. The van der Waals surface area contributed by atoms with Crippen LogP contribution in [-0.2, 0) is 0 Å². The van der Waals surface area contributed by atoms with Gasteiger partial charge in [-0.2, -0.15) is 0 Å². The maximum Gasteiger partial charge on any atom is 0.228 e. The highest BCUT2D eigenvalue weighted by atomic mass is 16.3. The number of hydrogen-bond donors (Lipinski definition) is 1. The minimum Gasteiger partial charge on any atom is -0.461 e. The Hall–Kier alpha value is -2.07. The van der Waals surface area contributed by atoms with Crippen molar-refractivity contribution in [3.05, 3.63) is 54.0 Å². The van der Waals surface area contributed by atoms with E-state index in [1.54, 1.807) is 12.1 Å². The summed E-state index contributed by atoms with van der Waals surface area (Å²) in [5, 5.41) is 2.32. The number of carbonyl (C=O) groups is 1. The number of rotatable bonds is 3. The molecule has 19 heavy (non-hydrogen) atoms. The van der Waals surface area contributed by atoms with Crippen LogP contribution in [0, 0.1) is 0 Å². The van der Waals surface area contributed by atoms with Gasteiger partial charge in [-0.1, -0.05) is 0 Å². The average molecular weight is 257 g/mol. The van der Waals surface area contributed by atoms with E-state index >= 15 is 0 Å². The third kappa shape index (κ3) is 2.53. The highest BCUT2D eigenvalue weighted by Crippen LogP contribution is 2.17. The summed E-state index contributed by atoms with van der Waals surface area (Å²) in [6.07, 6.45) is 1.52. The van der Waals surface area contributed by atoms with Gasteiger partial charge < -0.3 is 14.6 Å². The van der Waals surface area contributed by atoms with E-state index in [-0.39, 0.29) is 5.78 Å².